The number of rotatable bonds is 2. The number of fused-ring (bicyclic) bond motifs is 2. The fourth-order valence-corrected chi connectivity index (χ4v) is 4.15. The summed E-state index contributed by atoms with van der Waals surface area (Å²) >= 11 is 0. The van der Waals surface area contributed by atoms with Gasteiger partial charge in [0, 0.05) is 24.9 Å². The molecule has 0 saturated carbocycles. The van der Waals surface area contributed by atoms with Crippen molar-refractivity contribution in [2.75, 3.05) is 0 Å². The molecule has 2 aromatic carbocycles. The van der Waals surface area contributed by atoms with Gasteiger partial charge in [-0.2, -0.15) is 0 Å². The summed E-state index contributed by atoms with van der Waals surface area (Å²) < 4.78 is 0. The molecule has 4 rings (SSSR count). The van der Waals surface area contributed by atoms with E-state index in [0.717, 1.165) is 24.0 Å². The summed E-state index contributed by atoms with van der Waals surface area (Å²) in [5.41, 5.74) is 4.42. The van der Waals surface area contributed by atoms with E-state index in [-0.39, 0.29) is 23.8 Å². The zero-order valence-corrected chi connectivity index (χ0v) is 13.2. The van der Waals surface area contributed by atoms with E-state index < -0.39 is 0 Å². The molecule has 3 nitrogen and oxygen atoms in total. The lowest BCUT2D eigenvalue weighted by Gasteiger charge is -2.34. The molecular formula is C20H19NO2. The van der Waals surface area contributed by atoms with Gasteiger partial charge in [0.25, 0.3) is 0 Å². The third-order valence-electron chi connectivity index (χ3n) is 5.12. The van der Waals surface area contributed by atoms with Crippen molar-refractivity contribution in [3.8, 4) is 0 Å². The van der Waals surface area contributed by atoms with Crippen molar-refractivity contribution < 1.29 is 9.59 Å². The number of benzene rings is 2. The van der Waals surface area contributed by atoms with Crippen LogP contribution in [0.1, 0.15) is 46.4 Å². The summed E-state index contributed by atoms with van der Waals surface area (Å²) in [4.78, 5) is 26.6. The van der Waals surface area contributed by atoms with Crippen LogP contribution in [0, 0.1) is 0 Å². The third kappa shape index (κ3) is 2.27. The van der Waals surface area contributed by atoms with Crippen LogP contribution in [-0.4, -0.2) is 22.6 Å². The minimum absolute atomic E-state index is 0.0531. The molecule has 0 N–H and O–H groups in total. The standard InChI is InChI=1S/C20H19NO2/c1-13(22)21(16-10-14-6-2-3-7-15(14)11-16)19-12-20(23)18-9-5-4-8-17(18)19/h2-9,16,19H,10-12H2,1H3. The molecule has 1 atom stereocenters. The molecule has 0 spiro atoms. The Kier molecular flexibility index (Phi) is 3.29. The number of Topliss-reactive ketones (excluding diaryl/α,β-unsaturated/α-hetero) is 1. The van der Waals surface area contributed by atoms with E-state index in [0.29, 0.717) is 6.42 Å². The summed E-state index contributed by atoms with van der Waals surface area (Å²) in [6.07, 6.45) is 2.16. The van der Waals surface area contributed by atoms with Crippen molar-refractivity contribution >= 4 is 11.7 Å². The van der Waals surface area contributed by atoms with Gasteiger partial charge in [-0.15, -0.1) is 0 Å². The van der Waals surface area contributed by atoms with Gasteiger partial charge in [-0.05, 0) is 29.5 Å². The maximum Gasteiger partial charge on any atom is 0.220 e. The molecule has 3 heteroatoms. The summed E-state index contributed by atoms with van der Waals surface area (Å²) in [6, 6.07) is 16.1. The van der Waals surface area contributed by atoms with Crippen LogP contribution >= 0.6 is 0 Å². The fraction of sp³-hybridized carbons (Fsp3) is 0.300. The minimum Gasteiger partial charge on any atom is -0.332 e. The van der Waals surface area contributed by atoms with Gasteiger partial charge in [-0.25, -0.2) is 0 Å². The summed E-state index contributed by atoms with van der Waals surface area (Å²) in [7, 11) is 0. The van der Waals surface area contributed by atoms with Crippen LogP contribution in [0.2, 0.25) is 0 Å². The van der Waals surface area contributed by atoms with Gasteiger partial charge < -0.3 is 4.90 Å². The lowest BCUT2D eigenvalue weighted by atomic mass is 10.0. The fourth-order valence-electron chi connectivity index (χ4n) is 4.15. The van der Waals surface area contributed by atoms with Crippen LogP contribution < -0.4 is 0 Å². The van der Waals surface area contributed by atoms with Gasteiger partial charge in [0.1, 0.15) is 0 Å². The van der Waals surface area contributed by atoms with E-state index in [9.17, 15) is 9.59 Å². The Morgan fingerprint density at radius 1 is 0.957 bits per heavy atom. The van der Waals surface area contributed by atoms with E-state index in [1.807, 2.05) is 41.3 Å². The maximum absolute atomic E-state index is 12.4. The summed E-state index contributed by atoms with van der Waals surface area (Å²) in [6.45, 7) is 1.62. The number of hydrogen-bond donors (Lipinski definition) is 0. The molecule has 2 aliphatic rings. The molecule has 0 saturated heterocycles. The Balaban J connectivity index is 1.69. The van der Waals surface area contributed by atoms with Crippen LogP contribution in [0.4, 0.5) is 0 Å². The third-order valence-corrected chi connectivity index (χ3v) is 5.12. The Labute approximate surface area is 135 Å². The smallest absolute Gasteiger partial charge is 0.220 e. The van der Waals surface area contributed by atoms with E-state index in [1.54, 1.807) is 6.92 Å². The Morgan fingerprint density at radius 2 is 1.57 bits per heavy atom. The number of hydrogen-bond acceptors (Lipinski definition) is 2. The largest absolute Gasteiger partial charge is 0.332 e. The molecule has 1 unspecified atom stereocenters. The second kappa shape index (κ2) is 5.34. The van der Waals surface area contributed by atoms with E-state index in [4.69, 9.17) is 0 Å². The molecule has 1 amide bonds. The van der Waals surface area contributed by atoms with Crippen LogP contribution in [0.3, 0.4) is 0 Å². The van der Waals surface area contributed by atoms with Crippen molar-refractivity contribution in [1.82, 2.24) is 4.90 Å². The highest BCUT2D eigenvalue weighted by molar-refractivity contribution is 6.01. The van der Waals surface area contributed by atoms with Gasteiger partial charge in [0.15, 0.2) is 5.78 Å². The minimum atomic E-state index is -0.115. The van der Waals surface area contributed by atoms with Gasteiger partial charge in [0.05, 0.1) is 6.04 Å². The Hall–Kier alpha value is -2.42. The van der Waals surface area contributed by atoms with Crippen molar-refractivity contribution in [2.24, 2.45) is 0 Å². The Morgan fingerprint density at radius 3 is 2.22 bits per heavy atom. The number of carbonyl (C=O) groups excluding carboxylic acids is 2. The molecule has 0 radical (unpaired) electrons. The highest BCUT2D eigenvalue weighted by Gasteiger charge is 2.39. The molecule has 0 aliphatic heterocycles. The maximum atomic E-state index is 12.4. The molecular weight excluding hydrogens is 286 g/mol. The first-order chi connectivity index (χ1) is 11.1. The molecule has 2 aromatic rings. The molecule has 0 fully saturated rings. The molecule has 0 heterocycles. The van der Waals surface area contributed by atoms with Crippen LogP contribution in [0.5, 0.6) is 0 Å². The van der Waals surface area contributed by atoms with Gasteiger partial charge >= 0.3 is 0 Å². The van der Waals surface area contributed by atoms with Crippen molar-refractivity contribution in [2.45, 2.75) is 38.3 Å². The SMILES string of the molecule is CC(=O)N(C1Cc2ccccc2C1)C1CC(=O)c2ccccc21. The summed E-state index contributed by atoms with van der Waals surface area (Å²) in [5, 5.41) is 0. The van der Waals surface area contributed by atoms with Crippen molar-refractivity contribution in [1.29, 1.82) is 0 Å². The van der Waals surface area contributed by atoms with E-state index in [1.165, 1.54) is 11.1 Å². The first kappa shape index (κ1) is 14.2. The Bertz CT molecular complexity index is 771. The van der Waals surface area contributed by atoms with Crippen LogP contribution in [0.25, 0.3) is 0 Å². The van der Waals surface area contributed by atoms with Gasteiger partial charge in [-0.1, -0.05) is 48.5 Å². The topological polar surface area (TPSA) is 37.4 Å². The highest BCUT2D eigenvalue weighted by Crippen LogP contribution is 2.39. The van der Waals surface area contributed by atoms with E-state index >= 15 is 0 Å². The molecule has 0 bridgehead atoms. The second-order valence-electron chi connectivity index (χ2n) is 6.49. The van der Waals surface area contributed by atoms with Crippen molar-refractivity contribution in [3.05, 3.63) is 70.8 Å². The van der Waals surface area contributed by atoms with E-state index in [2.05, 4.69) is 12.1 Å². The lowest BCUT2D eigenvalue weighted by Crippen LogP contribution is -2.41. The molecule has 116 valence electrons. The molecule has 2 aliphatic carbocycles. The number of amides is 1. The van der Waals surface area contributed by atoms with Crippen LogP contribution in [-0.2, 0) is 17.6 Å². The average molecular weight is 305 g/mol. The number of ketones is 1. The van der Waals surface area contributed by atoms with Gasteiger partial charge in [-0.3, -0.25) is 9.59 Å². The zero-order chi connectivity index (χ0) is 16.0. The first-order valence-corrected chi connectivity index (χ1v) is 8.13. The number of nitrogens with zero attached hydrogens (tertiary/aromatic N) is 1. The predicted octanol–water partition coefficient (Wildman–Crippen LogP) is 3.33. The highest BCUT2D eigenvalue weighted by atomic mass is 16.2. The quantitative estimate of drug-likeness (QED) is 0.853. The lowest BCUT2D eigenvalue weighted by molar-refractivity contribution is -0.133. The molecule has 23 heavy (non-hydrogen) atoms. The monoisotopic (exact) mass is 305 g/mol. The zero-order valence-electron chi connectivity index (χ0n) is 13.2. The average Bonchev–Trinajstić information content (AvgIpc) is 3.10. The van der Waals surface area contributed by atoms with Crippen molar-refractivity contribution in [3.63, 3.8) is 0 Å². The molecule has 0 aromatic heterocycles. The number of carbonyl (C=O) groups is 2. The van der Waals surface area contributed by atoms with Gasteiger partial charge in [0.2, 0.25) is 5.91 Å². The predicted molar refractivity (Wildman–Crippen MR) is 88.3 cm³/mol. The summed E-state index contributed by atoms with van der Waals surface area (Å²) in [5.74, 6) is 0.199. The van der Waals surface area contributed by atoms with Crippen LogP contribution in [0.15, 0.2) is 48.5 Å². The first-order valence-electron chi connectivity index (χ1n) is 8.13. The normalized spacial score (nSPS) is 19.5. The second-order valence-corrected chi connectivity index (χ2v) is 6.49.